The minimum atomic E-state index is -0.513. The van der Waals surface area contributed by atoms with Crippen LogP contribution < -0.4 is 20.7 Å². The van der Waals surface area contributed by atoms with E-state index < -0.39 is 6.10 Å². The standard InChI is InChI=1S/C23H30N4O5/c1-31-20-8-3-2-7-18(20)26-23(30)27-19-10-9-17(32-21(19)15-28)11-13-25-22(29)14-16-6-4-5-12-24-16/h2-8,12,17,19,21,28H,9-11,13-15H2,1H3,(H,25,29)(H2,26,27,30)/t17-,19-,21+/m1/s1. The van der Waals surface area contributed by atoms with Crippen LogP contribution in [0.25, 0.3) is 0 Å². The van der Waals surface area contributed by atoms with Gasteiger partial charge in [-0.3, -0.25) is 9.78 Å². The second-order valence-corrected chi connectivity index (χ2v) is 7.60. The number of nitrogens with zero attached hydrogens (tertiary/aromatic N) is 1. The average Bonchev–Trinajstić information content (AvgIpc) is 2.81. The molecule has 0 spiro atoms. The van der Waals surface area contributed by atoms with E-state index in [0.29, 0.717) is 37.2 Å². The van der Waals surface area contributed by atoms with Crippen molar-refractivity contribution in [3.63, 3.8) is 0 Å². The van der Waals surface area contributed by atoms with Crippen molar-refractivity contribution in [2.45, 2.75) is 43.9 Å². The number of pyridine rings is 1. The van der Waals surface area contributed by atoms with Gasteiger partial charge in [-0.05, 0) is 43.5 Å². The second-order valence-electron chi connectivity index (χ2n) is 7.60. The lowest BCUT2D eigenvalue weighted by molar-refractivity contribution is -0.121. The zero-order chi connectivity index (χ0) is 22.8. The normalized spacial score (nSPS) is 20.2. The Morgan fingerprint density at radius 3 is 2.75 bits per heavy atom. The van der Waals surface area contributed by atoms with Gasteiger partial charge < -0.3 is 30.5 Å². The molecule has 1 fully saturated rings. The third-order valence-corrected chi connectivity index (χ3v) is 5.32. The molecule has 172 valence electrons. The number of rotatable bonds is 9. The molecule has 3 atom stereocenters. The molecule has 0 bridgehead atoms. The summed E-state index contributed by atoms with van der Waals surface area (Å²) in [6, 6.07) is 11.9. The number of nitrogens with one attached hydrogen (secondary N) is 3. The summed E-state index contributed by atoms with van der Waals surface area (Å²) in [5.74, 6) is 0.470. The first kappa shape index (κ1) is 23.5. The number of urea groups is 1. The van der Waals surface area contributed by atoms with E-state index in [1.54, 1.807) is 24.4 Å². The summed E-state index contributed by atoms with van der Waals surface area (Å²) in [4.78, 5) is 28.6. The lowest BCUT2D eigenvalue weighted by Gasteiger charge is -2.36. The smallest absolute Gasteiger partial charge is 0.319 e. The second kappa shape index (κ2) is 12.0. The first-order chi connectivity index (χ1) is 15.6. The zero-order valence-electron chi connectivity index (χ0n) is 18.1. The van der Waals surface area contributed by atoms with E-state index in [9.17, 15) is 14.7 Å². The first-order valence-electron chi connectivity index (χ1n) is 10.7. The fourth-order valence-corrected chi connectivity index (χ4v) is 3.69. The number of methoxy groups -OCH3 is 1. The molecule has 0 radical (unpaired) electrons. The van der Waals surface area contributed by atoms with Crippen LogP contribution in [-0.4, -0.2) is 60.5 Å². The summed E-state index contributed by atoms with van der Waals surface area (Å²) in [5.41, 5.74) is 1.28. The molecule has 1 aliphatic heterocycles. The van der Waals surface area contributed by atoms with Crippen LogP contribution in [0.3, 0.4) is 0 Å². The molecule has 0 aliphatic carbocycles. The van der Waals surface area contributed by atoms with Crippen LogP contribution in [0.1, 0.15) is 25.0 Å². The Hall–Kier alpha value is -3.17. The molecule has 1 saturated heterocycles. The molecule has 2 heterocycles. The summed E-state index contributed by atoms with van der Waals surface area (Å²) in [6.45, 7) is 0.267. The van der Waals surface area contributed by atoms with Gasteiger partial charge in [-0.25, -0.2) is 4.79 Å². The van der Waals surface area contributed by atoms with Crippen LogP contribution in [0.4, 0.5) is 10.5 Å². The third kappa shape index (κ3) is 6.93. The summed E-state index contributed by atoms with van der Waals surface area (Å²) < 4.78 is 11.2. The van der Waals surface area contributed by atoms with Crippen LogP contribution in [0.15, 0.2) is 48.7 Å². The monoisotopic (exact) mass is 442 g/mol. The molecule has 9 heteroatoms. The Bertz CT molecular complexity index is 880. The number of ether oxygens (including phenoxy) is 2. The van der Waals surface area contributed by atoms with E-state index in [-0.39, 0.29) is 37.1 Å². The number of hydrogen-bond donors (Lipinski definition) is 4. The Kier molecular flexibility index (Phi) is 8.82. The Balaban J connectivity index is 1.41. The van der Waals surface area contributed by atoms with Crippen LogP contribution in [0.5, 0.6) is 5.75 Å². The van der Waals surface area contributed by atoms with Gasteiger partial charge in [0.05, 0.1) is 38.0 Å². The fraction of sp³-hybridized carbons (Fsp3) is 0.435. The predicted molar refractivity (Wildman–Crippen MR) is 119 cm³/mol. The minimum absolute atomic E-state index is 0.0919. The number of benzene rings is 1. The number of aliphatic hydroxyl groups is 1. The van der Waals surface area contributed by atoms with Crippen molar-refractivity contribution in [2.24, 2.45) is 0 Å². The molecule has 3 amide bonds. The first-order valence-corrected chi connectivity index (χ1v) is 10.7. The number of carbonyl (C=O) groups is 2. The van der Waals surface area contributed by atoms with Gasteiger partial charge >= 0.3 is 6.03 Å². The number of hydrogen-bond acceptors (Lipinski definition) is 6. The highest BCUT2D eigenvalue weighted by Gasteiger charge is 2.31. The van der Waals surface area contributed by atoms with Gasteiger partial charge in [0, 0.05) is 18.4 Å². The number of aromatic nitrogens is 1. The highest BCUT2D eigenvalue weighted by Crippen LogP contribution is 2.24. The molecule has 1 aliphatic rings. The van der Waals surface area contributed by atoms with E-state index in [0.717, 1.165) is 5.69 Å². The molecule has 1 aromatic carbocycles. The van der Waals surface area contributed by atoms with Crippen molar-refractivity contribution in [1.82, 2.24) is 15.6 Å². The molecule has 9 nitrogen and oxygen atoms in total. The molecule has 2 aromatic rings. The number of anilines is 1. The van der Waals surface area contributed by atoms with E-state index in [4.69, 9.17) is 9.47 Å². The Morgan fingerprint density at radius 1 is 1.19 bits per heavy atom. The topological polar surface area (TPSA) is 122 Å². The maximum Gasteiger partial charge on any atom is 0.319 e. The highest BCUT2D eigenvalue weighted by molar-refractivity contribution is 5.91. The Morgan fingerprint density at radius 2 is 2.00 bits per heavy atom. The predicted octanol–water partition coefficient (Wildman–Crippen LogP) is 1.87. The van der Waals surface area contributed by atoms with Gasteiger partial charge in [-0.15, -0.1) is 0 Å². The van der Waals surface area contributed by atoms with E-state index in [2.05, 4.69) is 20.9 Å². The summed E-state index contributed by atoms with van der Waals surface area (Å²) in [7, 11) is 1.54. The lowest BCUT2D eigenvalue weighted by Crippen LogP contribution is -2.52. The fourth-order valence-electron chi connectivity index (χ4n) is 3.69. The minimum Gasteiger partial charge on any atom is -0.495 e. The largest absolute Gasteiger partial charge is 0.495 e. The van der Waals surface area contributed by atoms with Gasteiger partial charge in [-0.2, -0.15) is 0 Å². The third-order valence-electron chi connectivity index (χ3n) is 5.32. The SMILES string of the molecule is COc1ccccc1NC(=O)N[C@@H]1CC[C@H](CCNC(=O)Cc2ccccn2)O[C@H]1CO. The molecule has 1 aromatic heterocycles. The summed E-state index contributed by atoms with van der Waals surface area (Å²) in [5, 5.41) is 18.3. The van der Waals surface area contributed by atoms with Crippen molar-refractivity contribution >= 4 is 17.6 Å². The number of carbonyl (C=O) groups excluding carboxylic acids is 2. The van der Waals surface area contributed by atoms with E-state index >= 15 is 0 Å². The maximum absolute atomic E-state index is 12.4. The molecular formula is C23H30N4O5. The van der Waals surface area contributed by atoms with Crippen molar-refractivity contribution in [3.05, 3.63) is 54.4 Å². The number of aliphatic hydroxyl groups excluding tert-OH is 1. The molecule has 0 unspecified atom stereocenters. The van der Waals surface area contributed by atoms with Crippen LogP contribution in [0, 0.1) is 0 Å². The van der Waals surface area contributed by atoms with Gasteiger partial charge in [0.15, 0.2) is 0 Å². The molecular weight excluding hydrogens is 412 g/mol. The van der Waals surface area contributed by atoms with E-state index in [1.165, 1.54) is 7.11 Å². The number of para-hydroxylation sites is 2. The molecule has 3 rings (SSSR count). The van der Waals surface area contributed by atoms with Gasteiger partial charge in [0.25, 0.3) is 0 Å². The molecule has 32 heavy (non-hydrogen) atoms. The number of amides is 3. The van der Waals surface area contributed by atoms with Crippen LogP contribution in [0.2, 0.25) is 0 Å². The maximum atomic E-state index is 12.4. The van der Waals surface area contributed by atoms with Gasteiger partial charge in [0.1, 0.15) is 11.9 Å². The van der Waals surface area contributed by atoms with Crippen molar-refractivity contribution in [3.8, 4) is 5.75 Å². The van der Waals surface area contributed by atoms with Crippen molar-refractivity contribution in [1.29, 1.82) is 0 Å². The van der Waals surface area contributed by atoms with E-state index in [1.807, 2.05) is 24.3 Å². The Labute approximate surface area is 187 Å². The molecule has 0 saturated carbocycles. The van der Waals surface area contributed by atoms with Crippen LogP contribution >= 0.6 is 0 Å². The summed E-state index contributed by atoms with van der Waals surface area (Å²) >= 11 is 0. The quantitative estimate of drug-likeness (QED) is 0.470. The summed E-state index contributed by atoms with van der Waals surface area (Å²) in [6.07, 6.45) is 3.29. The zero-order valence-corrected chi connectivity index (χ0v) is 18.1. The lowest BCUT2D eigenvalue weighted by atomic mass is 9.97. The average molecular weight is 443 g/mol. The van der Waals surface area contributed by atoms with Crippen molar-refractivity contribution in [2.75, 3.05) is 25.6 Å². The highest BCUT2D eigenvalue weighted by atomic mass is 16.5. The molecule has 4 N–H and O–H groups in total. The van der Waals surface area contributed by atoms with Crippen LogP contribution in [-0.2, 0) is 16.0 Å². The van der Waals surface area contributed by atoms with Gasteiger partial charge in [-0.1, -0.05) is 18.2 Å². The van der Waals surface area contributed by atoms with Gasteiger partial charge in [0.2, 0.25) is 5.91 Å². The van der Waals surface area contributed by atoms with Crippen molar-refractivity contribution < 1.29 is 24.2 Å².